The monoisotopic (exact) mass is 345 g/mol. The van der Waals surface area contributed by atoms with Crippen LogP contribution in [0.25, 0.3) is 11.3 Å². The van der Waals surface area contributed by atoms with Crippen molar-refractivity contribution in [2.24, 2.45) is 0 Å². The van der Waals surface area contributed by atoms with Crippen LogP contribution in [0.5, 0.6) is 0 Å². The molecule has 132 valence electrons. The van der Waals surface area contributed by atoms with E-state index in [9.17, 15) is 4.79 Å². The Hall–Kier alpha value is -3.01. The highest BCUT2D eigenvalue weighted by molar-refractivity contribution is 5.94. The maximum atomic E-state index is 12.4. The van der Waals surface area contributed by atoms with Gasteiger partial charge in [-0.15, -0.1) is 0 Å². The molecule has 0 saturated carbocycles. The fraction of sp³-hybridized carbons (Fsp3) is 0.227. The van der Waals surface area contributed by atoms with Gasteiger partial charge in [0.25, 0.3) is 5.91 Å². The molecule has 0 radical (unpaired) electrons. The van der Waals surface area contributed by atoms with Gasteiger partial charge in [0.05, 0.1) is 5.69 Å². The molecule has 2 aromatic heterocycles. The largest absolute Gasteiger partial charge is 0.348 e. The van der Waals surface area contributed by atoms with Gasteiger partial charge in [-0.05, 0) is 52.9 Å². The highest BCUT2D eigenvalue weighted by Crippen LogP contribution is 2.22. The SMILES string of the molecule is CC(C)(C)c1ccc(C(=O)NCc2ccnc(-c3cccnc3)c2)cc1. The van der Waals surface area contributed by atoms with Crippen molar-refractivity contribution < 1.29 is 4.79 Å². The second-order valence-electron chi connectivity index (χ2n) is 7.30. The lowest BCUT2D eigenvalue weighted by molar-refractivity contribution is 0.0951. The highest BCUT2D eigenvalue weighted by atomic mass is 16.1. The Morgan fingerprint density at radius 1 is 1.04 bits per heavy atom. The molecule has 1 amide bonds. The number of hydrogen-bond donors (Lipinski definition) is 1. The van der Waals surface area contributed by atoms with Gasteiger partial charge in [-0.25, -0.2) is 0 Å². The third-order valence-corrected chi connectivity index (χ3v) is 4.25. The average molecular weight is 345 g/mol. The lowest BCUT2D eigenvalue weighted by Gasteiger charge is -2.19. The van der Waals surface area contributed by atoms with Crippen LogP contribution in [0.3, 0.4) is 0 Å². The van der Waals surface area contributed by atoms with E-state index in [2.05, 4.69) is 36.1 Å². The number of nitrogens with one attached hydrogen (secondary N) is 1. The van der Waals surface area contributed by atoms with Gasteiger partial charge in [-0.2, -0.15) is 0 Å². The summed E-state index contributed by atoms with van der Waals surface area (Å²) in [6, 6.07) is 15.5. The van der Waals surface area contributed by atoms with Gasteiger partial charge in [0.2, 0.25) is 0 Å². The molecule has 4 nitrogen and oxygen atoms in total. The van der Waals surface area contributed by atoms with Crippen molar-refractivity contribution in [2.45, 2.75) is 32.7 Å². The summed E-state index contributed by atoms with van der Waals surface area (Å²) < 4.78 is 0. The summed E-state index contributed by atoms with van der Waals surface area (Å²) in [5.74, 6) is -0.0785. The van der Waals surface area contributed by atoms with E-state index in [1.54, 1.807) is 18.6 Å². The number of rotatable bonds is 4. The first-order valence-electron chi connectivity index (χ1n) is 8.67. The first-order chi connectivity index (χ1) is 12.4. The van der Waals surface area contributed by atoms with Crippen LogP contribution < -0.4 is 5.32 Å². The molecule has 3 aromatic rings. The van der Waals surface area contributed by atoms with E-state index in [1.807, 2.05) is 48.5 Å². The van der Waals surface area contributed by atoms with E-state index in [0.717, 1.165) is 16.8 Å². The van der Waals surface area contributed by atoms with Crippen molar-refractivity contribution in [3.8, 4) is 11.3 Å². The van der Waals surface area contributed by atoms with Crippen molar-refractivity contribution in [2.75, 3.05) is 0 Å². The first-order valence-corrected chi connectivity index (χ1v) is 8.67. The van der Waals surface area contributed by atoms with Crippen LogP contribution >= 0.6 is 0 Å². The fourth-order valence-corrected chi connectivity index (χ4v) is 2.66. The van der Waals surface area contributed by atoms with E-state index in [4.69, 9.17) is 0 Å². The second kappa shape index (κ2) is 7.48. The molecule has 0 fully saturated rings. The van der Waals surface area contributed by atoms with Crippen LogP contribution in [0.2, 0.25) is 0 Å². The molecule has 0 atom stereocenters. The standard InChI is InChI=1S/C22H23N3O/c1-22(2,3)19-8-6-17(7-9-19)21(26)25-14-16-10-12-24-20(13-16)18-5-4-11-23-15-18/h4-13,15H,14H2,1-3H3,(H,25,26). The highest BCUT2D eigenvalue weighted by Gasteiger charge is 2.14. The van der Waals surface area contributed by atoms with E-state index in [1.165, 1.54) is 5.56 Å². The van der Waals surface area contributed by atoms with Crippen molar-refractivity contribution >= 4 is 5.91 Å². The third-order valence-electron chi connectivity index (χ3n) is 4.25. The zero-order chi connectivity index (χ0) is 18.6. The molecule has 1 aromatic carbocycles. The van der Waals surface area contributed by atoms with Crippen LogP contribution in [-0.4, -0.2) is 15.9 Å². The van der Waals surface area contributed by atoms with E-state index >= 15 is 0 Å². The molecule has 2 heterocycles. The number of hydrogen-bond acceptors (Lipinski definition) is 3. The number of carbonyl (C=O) groups excluding carboxylic acids is 1. The van der Waals surface area contributed by atoms with E-state index in [0.29, 0.717) is 12.1 Å². The predicted molar refractivity (Wildman–Crippen MR) is 104 cm³/mol. The third kappa shape index (κ3) is 4.33. The predicted octanol–water partition coefficient (Wildman–Crippen LogP) is 4.37. The van der Waals surface area contributed by atoms with E-state index in [-0.39, 0.29) is 11.3 Å². The maximum Gasteiger partial charge on any atom is 0.251 e. The van der Waals surface area contributed by atoms with Gasteiger partial charge in [0.1, 0.15) is 0 Å². The minimum Gasteiger partial charge on any atom is -0.348 e. The lowest BCUT2D eigenvalue weighted by Crippen LogP contribution is -2.23. The fourth-order valence-electron chi connectivity index (χ4n) is 2.66. The molecule has 3 rings (SSSR count). The van der Waals surface area contributed by atoms with Gasteiger partial charge in [-0.3, -0.25) is 14.8 Å². The van der Waals surface area contributed by atoms with Gasteiger partial charge in [-0.1, -0.05) is 32.9 Å². The Morgan fingerprint density at radius 3 is 2.46 bits per heavy atom. The number of carbonyl (C=O) groups is 1. The van der Waals surface area contributed by atoms with Crippen LogP contribution in [0, 0.1) is 0 Å². The second-order valence-corrected chi connectivity index (χ2v) is 7.30. The number of benzene rings is 1. The molecule has 0 spiro atoms. The molecule has 0 bridgehead atoms. The number of amides is 1. The van der Waals surface area contributed by atoms with Gasteiger partial charge in [0.15, 0.2) is 0 Å². The minimum absolute atomic E-state index is 0.0781. The summed E-state index contributed by atoms with van der Waals surface area (Å²) >= 11 is 0. The van der Waals surface area contributed by atoms with Crippen LogP contribution in [0.4, 0.5) is 0 Å². The Morgan fingerprint density at radius 2 is 1.81 bits per heavy atom. The normalized spacial score (nSPS) is 11.2. The molecule has 4 heteroatoms. The Kier molecular flexibility index (Phi) is 5.12. The summed E-state index contributed by atoms with van der Waals surface area (Å²) in [5, 5.41) is 2.97. The van der Waals surface area contributed by atoms with Gasteiger partial charge in [0, 0.05) is 36.3 Å². The van der Waals surface area contributed by atoms with Crippen LogP contribution in [0.15, 0.2) is 67.1 Å². The average Bonchev–Trinajstić information content (AvgIpc) is 2.66. The summed E-state index contributed by atoms with van der Waals surface area (Å²) in [5.41, 5.74) is 4.76. The zero-order valence-corrected chi connectivity index (χ0v) is 15.4. The van der Waals surface area contributed by atoms with E-state index < -0.39 is 0 Å². The molecule has 0 saturated heterocycles. The number of nitrogens with zero attached hydrogens (tertiary/aromatic N) is 2. The van der Waals surface area contributed by atoms with Gasteiger partial charge >= 0.3 is 0 Å². The number of pyridine rings is 2. The number of aromatic nitrogens is 2. The summed E-state index contributed by atoms with van der Waals surface area (Å²) in [6.07, 6.45) is 5.27. The smallest absolute Gasteiger partial charge is 0.251 e. The maximum absolute atomic E-state index is 12.4. The van der Waals surface area contributed by atoms with Crippen LogP contribution in [0.1, 0.15) is 42.3 Å². The molecule has 0 unspecified atom stereocenters. The summed E-state index contributed by atoms with van der Waals surface area (Å²) in [4.78, 5) is 20.9. The molecular weight excluding hydrogens is 322 g/mol. The first kappa shape index (κ1) is 17.8. The summed E-state index contributed by atoms with van der Waals surface area (Å²) in [7, 11) is 0. The molecule has 26 heavy (non-hydrogen) atoms. The zero-order valence-electron chi connectivity index (χ0n) is 15.4. The lowest BCUT2D eigenvalue weighted by atomic mass is 9.87. The molecule has 1 N–H and O–H groups in total. The quantitative estimate of drug-likeness (QED) is 0.764. The Bertz CT molecular complexity index is 881. The molecule has 0 aliphatic carbocycles. The van der Waals surface area contributed by atoms with Crippen molar-refractivity contribution in [3.05, 3.63) is 83.8 Å². The Balaban J connectivity index is 1.66. The van der Waals surface area contributed by atoms with Crippen molar-refractivity contribution in [1.82, 2.24) is 15.3 Å². The summed E-state index contributed by atoms with van der Waals surface area (Å²) in [6.45, 7) is 6.93. The molecule has 0 aliphatic heterocycles. The van der Waals surface area contributed by atoms with Gasteiger partial charge < -0.3 is 5.32 Å². The van der Waals surface area contributed by atoms with Crippen molar-refractivity contribution in [1.29, 1.82) is 0 Å². The molecular formula is C22H23N3O. The van der Waals surface area contributed by atoms with Crippen molar-refractivity contribution in [3.63, 3.8) is 0 Å². The topological polar surface area (TPSA) is 54.9 Å². The Labute approximate surface area is 154 Å². The molecule has 0 aliphatic rings. The minimum atomic E-state index is -0.0785. The van der Waals surface area contributed by atoms with Crippen LogP contribution in [-0.2, 0) is 12.0 Å².